The molecule has 6 rings (SSSR count). The molecular formula is C29H22ClFN2O3. The number of carboxylic acid groups (broad SMARTS) is 1. The minimum absolute atomic E-state index is 0.0964. The number of carboxylic acids is 1. The smallest absolute Gasteiger partial charge is 0.307 e. The Labute approximate surface area is 212 Å². The molecular weight excluding hydrogens is 479 g/mol. The lowest BCUT2D eigenvalue weighted by atomic mass is 9.99. The molecule has 4 aromatic rings. The first kappa shape index (κ1) is 22.8. The van der Waals surface area contributed by atoms with Crippen LogP contribution < -0.4 is 0 Å². The van der Waals surface area contributed by atoms with Crippen LogP contribution in [0.3, 0.4) is 0 Å². The Balaban J connectivity index is 1.42. The van der Waals surface area contributed by atoms with E-state index in [1.54, 1.807) is 12.1 Å². The Morgan fingerprint density at radius 1 is 1.14 bits per heavy atom. The van der Waals surface area contributed by atoms with Crippen LogP contribution in [0.1, 0.15) is 35.6 Å². The number of nitrogens with zero attached hydrogens (tertiary/aromatic N) is 2. The first-order valence-electron chi connectivity index (χ1n) is 12.0. The predicted molar refractivity (Wildman–Crippen MR) is 135 cm³/mol. The van der Waals surface area contributed by atoms with Crippen LogP contribution in [0.4, 0.5) is 4.39 Å². The largest absolute Gasteiger partial charge is 0.481 e. The summed E-state index contributed by atoms with van der Waals surface area (Å²) in [5, 5.41) is 20.7. The van der Waals surface area contributed by atoms with Gasteiger partial charge in [0.2, 0.25) is 0 Å². The Morgan fingerprint density at radius 3 is 2.69 bits per heavy atom. The maximum Gasteiger partial charge on any atom is 0.307 e. The number of carbonyl (C=O) groups is 1. The normalized spacial score (nSPS) is 19.5. The Bertz CT molecular complexity index is 1570. The number of hydrogen-bond acceptors (Lipinski definition) is 4. The zero-order valence-electron chi connectivity index (χ0n) is 19.3. The van der Waals surface area contributed by atoms with Gasteiger partial charge in [-0.15, -0.1) is 0 Å². The van der Waals surface area contributed by atoms with Crippen molar-refractivity contribution < 1.29 is 18.7 Å². The fourth-order valence-electron chi connectivity index (χ4n) is 5.75. The van der Waals surface area contributed by atoms with Gasteiger partial charge in [-0.05, 0) is 72.8 Å². The van der Waals surface area contributed by atoms with E-state index in [9.17, 15) is 19.6 Å². The molecule has 0 bridgehead atoms. The van der Waals surface area contributed by atoms with Crippen LogP contribution in [0.5, 0.6) is 0 Å². The van der Waals surface area contributed by atoms with Crippen molar-refractivity contribution in [3.63, 3.8) is 0 Å². The molecule has 1 fully saturated rings. The van der Waals surface area contributed by atoms with Gasteiger partial charge in [0, 0.05) is 29.1 Å². The van der Waals surface area contributed by atoms with Gasteiger partial charge in [-0.3, -0.25) is 9.69 Å². The van der Waals surface area contributed by atoms with E-state index in [-0.39, 0.29) is 17.8 Å². The zero-order chi connectivity index (χ0) is 25.0. The molecule has 1 saturated heterocycles. The number of benzene rings is 3. The molecule has 1 aliphatic carbocycles. The molecule has 2 atom stereocenters. The average molecular weight is 501 g/mol. The summed E-state index contributed by atoms with van der Waals surface area (Å²) in [6, 6.07) is 18.2. The highest BCUT2D eigenvalue weighted by Gasteiger charge is 2.37. The van der Waals surface area contributed by atoms with Crippen LogP contribution in [-0.4, -0.2) is 29.1 Å². The molecule has 5 nitrogen and oxygen atoms in total. The molecule has 36 heavy (non-hydrogen) atoms. The summed E-state index contributed by atoms with van der Waals surface area (Å²) >= 11 is 6.78. The molecule has 1 aromatic heterocycles. The number of likely N-dealkylation sites (tertiary alicyclic amines) is 1. The van der Waals surface area contributed by atoms with Crippen molar-refractivity contribution in [3.8, 4) is 28.5 Å². The number of aliphatic carboxylic acids is 1. The summed E-state index contributed by atoms with van der Waals surface area (Å²) in [7, 11) is 0. The summed E-state index contributed by atoms with van der Waals surface area (Å²) in [5.74, 6) is -0.896. The van der Waals surface area contributed by atoms with Crippen LogP contribution in [0.2, 0.25) is 5.02 Å². The summed E-state index contributed by atoms with van der Waals surface area (Å²) in [5.41, 5.74) is 5.15. The first-order valence-corrected chi connectivity index (χ1v) is 12.3. The van der Waals surface area contributed by atoms with E-state index in [2.05, 4.69) is 17.0 Å². The molecule has 0 amide bonds. The lowest BCUT2D eigenvalue weighted by Gasteiger charge is -2.24. The SMILES string of the molecule is N#Cc1c2c(cc3cc(-c4cccc(-c5cccc(F)c5)c4Cl)oc13)C(N1CCC(C(=O)O)C1)CC2. The van der Waals surface area contributed by atoms with Crippen molar-refractivity contribution in [2.75, 3.05) is 13.1 Å². The van der Waals surface area contributed by atoms with Crippen molar-refractivity contribution in [2.45, 2.75) is 25.3 Å². The van der Waals surface area contributed by atoms with Crippen molar-refractivity contribution in [3.05, 3.63) is 82.1 Å². The molecule has 2 aliphatic rings. The fourth-order valence-corrected chi connectivity index (χ4v) is 6.08. The lowest BCUT2D eigenvalue weighted by Crippen LogP contribution is -2.26. The average Bonchev–Trinajstić information content (AvgIpc) is 3.60. The highest BCUT2D eigenvalue weighted by molar-refractivity contribution is 6.36. The second kappa shape index (κ2) is 8.77. The second-order valence-corrected chi connectivity index (χ2v) is 9.89. The quantitative estimate of drug-likeness (QED) is 0.332. The van der Waals surface area contributed by atoms with Crippen LogP contribution in [0.15, 0.2) is 59.0 Å². The maximum atomic E-state index is 13.8. The van der Waals surface area contributed by atoms with Gasteiger partial charge in [-0.25, -0.2) is 4.39 Å². The van der Waals surface area contributed by atoms with E-state index >= 15 is 0 Å². The van der Waals surface area contributed by atoms with E-state index in [1.165, 1.54) is 12.1 Å². The minimum Gasteiger partial charge on any atom is -0.481 e. The van der Waals surface area contributed by atoms with E-state index in [0.717, 1.165) is 35.9 Å². The number of furan rings is 1. The van der Waals surface area contributed by atoms with Gasteiger partial charge >= 0.3 is 5.97 Å². The van der Waals surface area contributed by atoms with Crippen LogP contribution >= 0.6 is 11.6 Å². The molecule has 0 radical (unpaired) electrons. The minimum atomic E-state index is -0.749. The highest BCUT2D eigenvalue weighted by atomic mass is 35.5. The van der Waals surface area contributed by atoms with Crippen molar-refractivity contribution >= 4 is 28.5 Å². The number of fused-ring (bicyclic) bond motifs is 2. The number of halogens is 2. The summed E-state index contributed by atoms with van der Waals surface area (Å²) in [4.78, 5) is 13.7. The third-order valence-electron chi connectivity index (χ3n) is 7.50. The molecule has 0 saturated carbocycles. The number of rotatable bonds is 4. The molecule has 180 valence electrons. The second-order valence-electron chi connectivity index (χ2n) is 9.51. The van der Waals surface area contributed by atoms with Gasteiger partial charge < -0.3 is 9.52 Å². The first-order chi connectivity index (χ1) is 17.4. The summed E-state index contributed by atoms with van der Waals surface area (Å²) in [6.45, 7) is 1.26. The third kappa shape index (κ3) is 3.67. The van der Waals surface area contributed by atoms with Gasteiger partial charge in [0.05, 0.1) is 16.5 Å². The fraction of sp³-hybridized carbons (Fsp3) is 0.241. The van der Waals surface area contributed by atoms with Crippen LogP contribution in [0, 0.1) is 23.1 Å². The van der Waals surface area contributed by atoms with Gasteiger partial charge in [-0.1, -0.05) is 35.9 Å². The van der Waals surface area contributed by atoms with Gasteiger partial charge in [0.25, 0.3) is 0 Å². The van der Waals surface area contributed by atoms with Crippen LogP contribution in [-0.2, 0) is 11.2 Å². The molecule has 2 unspecified atom stereocenters. The molecule has 2 heterocycles. The van der Waals surface area contributed by atoms with Crippen molar-refractivity contribution in [2.24, 2.45) is 5.92 Å². The van der Waals surface area contributed by atoms with Crippen LogP contribution in [0.25, 0.3) is 33.4 Å². The van der Waals surface area contributed by atoms with E-state index < -0.39 is 5.97 Å². The Morgan fingerprint density at radius 2 is 1.94 bits per heavy atom. The molecule has 1 aliphatic heterocycles. The summed E-state index contributed by atoms with van der Waals surface area (Å²) in [6.07, 6.45) is 2.25. The Kier molecular flexibility index (Phi) is 5.55. The number of nitriles is 1. The van der Waals surface area contributed by atoms with Gasteiger partial charge in [0.15, 0.2) is 5.58 Å². The maximum absolute atomic E-state index is 13.8. The Hall–Kier alpha value is -3.66. The zero-order valence-corrected chi connectivity index (χ0v) is 20.1. The molecule has 1 N–H and O–H groups in total. The van der Waals surface area contributed by atoms with E-state index in [0.29, 0.717) is 51.6 Å². The van der Waals surface area contributed by atoms with Crippen molar-refractivity contribution in [1.82, 2.24) is 4.90 Å². The van der Waals surface area contributed by atoms with Gasteiger partial charge in [-0.2, -0.15) is 5.26 Å². The topological polar surface area (TPSA) is 77.5 Å². The summed E-state index contributed by atoms with van der Waals surface area (Å²) < 4.78 is 20.1. The van der Waals surface area contributed by atoms with E-state index in [1.807, 2.05) is 24.3 Å². The monoisotopic (exact) mass is 500 g/mol. The molecule has 7 heteroatoms. The highest BCUT2D eigenvalue weighted by Crippen LogP contribution is 2.45. The third-order valence-corrected chi connectivity index (χ3v) is 7.90. The lowest BCUT2D eigenvalue weighted by molar-refractivity contribution is -0.141. The van der Waals surface area contributed by atoms with Crippen molar-refractivity contribution in [1.29, 1.82) is 5.26 Å². The van der Waals surface area contributed by atoms with Gasteiger partial charge in [0.1, 0.15) is 17.6 Å². The molecule has 0 spiro atoms. The predicted octanol–water partition coefficient (Wildman–Crippen LogP) is 6.82. The van der Waals surface area contributed by atoms with E-state index in [4.69, 9.17) is 16.0 Å². The standard InChI is InChI=1S/C29H22ClFN2O3/c30-27-20(16-3-1-4-19(31)11-16)5-2-6-22(27)26-13-18-12-23-21(24(14-32)28(18)36-26)7-8-25(23)33-10-9-17(15-33)29(34)35/h1-6,11-13,17,25H,7-10,15H2,(H,34,35). The number of hydrogen-bond donors (Lipinski definition) is 1. The molecule has 3 aromatic carbocycles.